The molecule has 0 spiro atoms. The lowest BCUT2D eigenvalue weighted by Gasteiger charge is -2.26. The number of imidazole rings is 1. The summed E-state index contributed by atoms with van der Waals surface area (Å²) in [6.07, 6.45) is 7.49. The summed E-state index contributed by atoms with van der Waals surface area (Å²) in [6.45, 7) is 18.9. The minimum Gasteiger partial charge on any atom is -0.309 e. The summed E-state index contributed by atoms with van der Waals surface area (Å²) in [7, 11) is 0. The van der Waals surface area contributed by atoms with Crippen molar-refractivity contribution in [1.82, 2.24) is 23.8 Å². The van der Waals surface area contributed by atoms with Crippen LogP contribution in [0.25, 0.3) is 27.0 Å². The second-order valence-electron chi connectivity index (χ2n) is 12.5. The van der Waals surface area contributed by atoms with Gasteiger partial charge in [0.2, 0.25) is 5.78 Å². The second-order valence-corrected chi connectivity index (χ2v) is 13.4. The van der Waals surface area contributed by atoms with Gasteiger partial charge < -0.3 is 9.47 Å². The summed E-state index contributed by atoms with van der Waals surface area (Å²) in [5.74, 6) is 2.19. The van der Waals surface area contributed by atoms with Crippen molar-refractivity contribution in [2.24, 2.45) is 11.8 Å². The number of thiophene rings is 1. The molecule has 6 nitrogen and oxygen atoms in total. The first-order valence-corrected chi connectivity index (χ1v) is 16.1. The van der Waals surface area contributed by atoms with Gasteiger partial charge in [-0.15, -0.1) is 11.3 Å². The maximum absolute atomic E-state index is 13.7. The topological polar surface area (TPSA) is 45.8 Å². The van der Waals surface area contributed by atoms with Gasteiger partial charge in [-0.05, 0) is 112 Å². The highest BCUT2D eigenvalue weighted by Gasteiger charge is 2.19. The molecule has 4 aromatic rings. The number of fused-ring (bicyclic) bond motifs is 4. The highest BCUT2D eigenvalue weighted by molar-refractivity contribution is 7.17. The Balaban J connectivity index is 1.51. The van der Waals surface area contributed by atoms with E-state index in [1.807, 2.05) is 4.40 Å². The van der Waals surface area contributed by atoms with Crippen molar-refractivity contribution in [3.05, 3.63) is 45.1 Å². The van der Waals surface area contributed by atoms with E-state index >= 15 is 0 Å². The Kier molecular flexibility index (Phi) is 9.09. The number of nitrogens with zero attached hydrogens (tertiary/aromatic N) is 5. The molecule has 1 aromatic carbocycles. The summed E-state index contributed by atoms with van der Waals surface area (Å²) >= 11 is 1.52. The molecule has 0 aliphatic carbocycles. The minimum atomic E-state index is 0.0659. The Morgan fingerprint density at radius 2 is 1.69 bits per heavy atom. The predicted molar refractivity (Wildman–Crippen MR) is 166 cm³/mol. The van der Waals surface area contributed by atoms with Gasteiger partial charge in [-0.1, -0.05) is 40.2 Å². The normalized spacial score (nSPS) is 15.3. The molecule has 0 atom stereocenters. The summed E-state index contributed by atoms with van der Waals surface area (Å²) < 4.78 is 4.95. The molecule has 5 rings (SSSR count). The van der Waals surface area contributed by atoms with Gasteiger partial charge >= 0.3 is 0 Å². The van der Waals surface area contributed by atoms with Crippen molar-refractivity contribution >= 4 is 38.4 Å². The molecule has 212 valence electrons. The standard InChI is InChI=1S/C32H47N5OS/c1-23(2)12-18-35(19-13-24(3)4)21-26-10-11-27-28(20-26)36(17-9-16-34-14-7-6-8-15-34)32-33-29-25(5)22-39-30(29)31(38)37(27)32/h10-11,20,22-24H,6-9,12-19,21H2,1-5H3. The van der Waals surface area contributed by atoms with Gasteiger partial charge in [-0.3, -0.25) is 9.69 Å². The van der Waals surface area contributed by atoms with Gasteiger partial charge in [-0.25, -0.2) is 9.38 Å². The van der Waals surface area contributed by atoms with Crippen molar-refractivity contribution in [2.75, 3.05) is 32.7 Å². The molecule has 3 aromatic heterocycles. The third-order valence-electron chi connectivity index (χ3n) is 8.32. The molecule has 7 heteroatoms. The monoisotopic (exact) mass is 549 g/mol. The van der Waals surface area contributed by atoms with Gasteiger partial charge in [-0.2, -0.15) is 0 Å². The molecule has 1 aliphatic heterocycles. The lowest BCUT2D eigenvalue weighted by Crippen LogP contribution is -2.31. The van der Waals surface area contributed by atoms with E-state index in [0.717, 1.165) is 71.7 Å². The fourth-order valence-electron chi connectivity index (χ4n) is 5.92. The van der Waals surface area contributed by atoms with Gasteiger partial charge in [0.05, 0.1) is 16.6 Å². The van der Waals surface area contributed by atoms with E-state index < -0.39 is 0 Å². The average molecular weight is 550 g/mol. The van der Waals surface area contributed by atoms with Crippen LogP contribution in [-0.2, 0) is 13.1 Å². The number of aryl methyl sites for hydroxylation is 2. The first kappa shape index (κ1) is 28.3. The van der Waals surface area contributed by atoms with Crippen LogP contribution in [0.15, 0.2) is 28.4 Å². The van der Waals surface area contributed by atoms with E-state index in [-0.39, 0.29) is 5.56 Å². The summed E-state index contributed by atoms with van der Waals surface area (Å²) in [5.41, 5.74) is 5.45. The highest BCUT2D eigenvalue weighted by atomic mass is 32.1. The molecule has 0 N–H and O–H groups in total. The molecule has 0 unspecified atom stereocenters. The Labute approximate surface area is 237 Å². The van der Waals surface area contributed by atoms with Crippen LogP contribution < -0.4 is 5.56 Å². The molecule has 39 heavy (non-hydrogen) atoms. The van der Waals surface area contributed by atoms with Crippen molar-refractivity contribution in [3.63, 3.8) is 0 Å². The van der Waals surface area contributed by atoms with Crippen LogP contribution in [0.3, 0.4) is 0 Å². The summed E-state index contributed by atoms with van der Waals surface area (Å²) in [5, 5.41) is 2.06. The number of likely N-dealkylation sites (tertiary alicyclic amines) is 1. The van der Waals surface area contributed by atoms with E-state index in [2.05, 4.69) is 72.6 Å². The molecular weight excluding hydrogens is 502 g/mol. The molecule has 0 radical (unpaired) electrons. The molecule has 1 aliphatic rings. The average Bonchev–Trinajstić information content (AvgIpc) is 3.44. The number of hydrogen-bond acceptors (Lipinski definition) is 5. The molecule has 0 bridgehead atoms. The van der Waals surface area contributed by atoms with Gasteiger partial charge in [0.15, 0.2) is 0 Å². The number of piperidine rings is 1. The number of rotatable bonds is 12. The number of benzene rings is 1. The van der Waals surface area contributed by atoms with Gasteiger partial charge in [0.1, 0.15) is 4.70 Å². The van der Waals surface area contributed by atoms with Crippen LogP contribution in [0.5, 0.6) is 0 Å². The van der Waals surface area contributed by atoms with Crippen LogP contribution in [-0.4, -0.2) is 56.5 Å². The van der Waals surface area contributed by atoms with Crippen molar-refractivity contribution in [1.29, 1.82) is 0 Å². The van der Waals surface area contributed by atoms with Crippen LogP contribution in [0.2, 0.25) is 0 Å². The van der Waals surface area contributed by atoms with E-state index in [1.165, 1.54) is 62.1 Å². The quantitative estimate of drug-likeness (QED) is 0.192. The Morgan fingerprint density at radius 3 is 2.38 bits per heavy atom. The fourth-order valence-corrected chi connectivity index (χ4v) is 6.83. The third-order valence-corrected chi connectivity index (χ3v) is 9.40. The molecule has 1 fully saturated rings. The maximum Gasteiger partial charge on any atom is 0.277 e. The second kappa shape index (κ2) is 12.5. The fraction of sp³-hybridized carbons (Fsp3) is 0.625. The SMILES string of the molecule is Cc1csc2c(=O)n3c4ccc(CN(CCC(C)C)CCC(C)C)cc4n(CCCN4CCCCC4)c3nc12. The first-order chi connectivity index (χ1) is 18.8. The van der Waals surface area contributed by atoms with Crippen molar-refractivity contribution in [2.45, 2.75) is 86.2 Å². The van der Waals surface area contributed by atoms with Crippen LogP contribution in [0.4, 0.5) is 0 Å². The number of aromatic nitrogens is 3. The molecule has 1 saturated heterocycles. The van der Waals surface area contributed by atoms with Gasteiger partial charge in [0, 0.05) is 13.1 Å². The van der Waals surface area contributed by atoms with E-state index in [0.29, 0.717) is 11.8 Å². The van der Waals surface area contributed by atoms with E-state index in [4.69, 9.17) is 4.98 Å². The Bertz CT molecular complexity index is 1440. The van der Waals surface area contributed by atoms with Crippen molar-refractivity contribution < 1.29 is 0 Å². The zero-order valence-corrected chi connectivity index (χ0v) is 25.5. The van der Waals surface area contributed by atoms with Crippen LogP contribution in [0.1, 0.15) is 77.3 Å². The maximum atomic E-state index is 13.7. The number of hydrogen-bond donors (Lipinski definition) is 0. The lowest BCUT2D eigenvalue weighted by atomic mass is 10.1. The zero-order valence-electron chi connectivity index (χ0n) is 24.7. The Morgan fingerprint density at radius 1 is 0.974 bits per heavy atom. The van der Waals surface area contributed by atoms with Gasteiger partial charge in [0.25, 0.3) is 5.56 Å². The van der Waals surface area contributed by atoms with Crippen LogP contribution >= 0.6 is 11.3 Å². The largest absolute Gasteiger partial charge is 0.309 e. The first-order valence-electron chi connectivity index (χ1n) is 15.2. The zero-order chi connectivity index (χ0) is 27.5. The smallest absolute Gasteiger partial charge is 0.277 e. The molecule has 0 amide bonds. The highest BCUT2D eigenvalue weighted by Crippen LogP contribution is 2.27. The van der Waals surface area contributed by atoms with E-state index in [1.54, 1.807) is 0 Å². The summed E-state index contributed by atoms with van der Waals surface area (Å²) in [6, 6.07) is 6.73. The van der Waals surface area contributed by atoms with E-state index in [9.17, 15) is 4.79 Å². The molecule has 0 saturated carbocycles. The summed E-state index contributed by atoms with van der Waals surface area (Å²) in [4.78, 5) is 24.0. The molecule has 4 heterocycles. The third kappa shape index (κ3) is 6.41. The predicted octanol–water partition coefficient (Wildman–Crippen LogP) is 6.94. The lowest BCUT2D eigenvalue weighted by molar-refractivity contribution is 0.223. The Hall–Kier alpha value is -2.22. The molecular formula is C32H47N5OS. The van der Waals surface area contributed by atoms with Crippen LogP contribution in [0, 0.1) is 18.8 Å². The minimum absolute atomic E-state index is 0.0659. The van der Waals surface area contributed by atoms with Crippen molar-refractivity contribution in [3.8, 4) is 0 Å².